The number of hydrogen-bond acceptors (Lipinski definition) is 5. The molecule has 0 bridgehead atoms. The highest BCUT2D eigenvalue weighted by molar-refractivity contribution is 5.97. The Bertz CT molecular complexity index is 592. The third-order valence-electron chi connectivity index (χ3n) is 5.40. The molecule has 0 aliphatic carbocycles. The van der Waals surface area contributed by atoms with Gasteiger partial charge in [0, 0.05) is 45.5 Å². The van der Waals surface area contributed by atoms with Gasteiger partial charge in [0.15, 0.2) is 0 Å². The highest BCUT2D eigenvalue weighted by atomic mass is 35.5. The van der Waals surface area contributed by atoms with Crippen molar-refractivity contribution in [3.05, 3.63) is 29.8 Å². The number of likely N-dealkylation sites (N-methyl/N-ethyl adjacent to an activating group) is 1. The van der Waals surface area contributed by atoms with Gasteiger partial charge in [0.05, 0.1) is 0 Å². The largest absolute Gasteiger partial charge is 0.368 e. The number of methoxy groups -OCH3 is 1. The molecule has 2 heterocycles. The van der Waals surface area contributed by atoms with E-state index in [1.54, 1.807) is 7.11 Å². The number of benzene rings is 1. The van der Waals surface area contributed by atoms with Crippen LogP contribution in [-0.4, -0.2) is 74.7 Å². The summed E-state index contributed by atoms with van der Waals surface area (Å²) in [5.41, 5.74) is 1.38. The second kappa shape index (κ2) is 12.9. The molecule has 162 valence electrons. The third-order valence-corrected chi connectivity index (χ3v) is 5.40. The van der Waals surface area contributed by atoms with Crippen LogP contribution in [0.3, 0.4) is 0 Å². The summed E-state index contributed by atoms with van der Waals surface area (Å²) in [7, 11) is 3.80. The van der Waals surface area contributed by atoms with Crippen molar-refractivity contribution in [1.29, 1.82) is 0 Å². The Labute approximate surface area is 187 Å². The molecule has 2 N–H and O–H groups in total. The number of halogens is 3. The summed E-state index contributed by atoms with van der Waals surface area (Å²) in [6, 6.07) is 8.18. The minimum atomic E-state index is -0.710. The van der Waals surface area contributed by atoms with Crippen LogP contribution < -0.4 is 10.6 Å². The molecule has 2 aliphatic heterocycles. The molecule has 9 heteroatoms. The molecule has 1 aromatic rings. The zero-order chi connectivity index (χ0) is 17.7. The average Bonchev–Trinajstić information content (AvgIpc) is 2.64. The van der Waals surface area contributed by atoms with E-state index in [0.29, 0.717) is 12.8 Å². The van der Waals surface area contributed by atoms with Crippen molar-refractivity contribution in [1.82, 2.24) is 15.1 Å². The molecular weight excluding hydrogens is 423 g/mol. The highest BCUT2D eigenvalue weighted by Crippen LogP contribution is 2.25. The molecule has 2 fully saturated rings. The monoisotopic (exact) mass is 454 g/mol. The van der Waals surface area contributed by atoms with Crippen molar-refractivity contribution in [3.8, 4) is 0 Å². The lowest BCUT2D eigenvalue weighted by Gasteiger charge is -2.35. The smallest absolute Gasteiger partial charge is 0.256 e. The second-order valence-corrected chi connectivity index (χ2v) is 7.18. The maximum atomic E-state index is 12.8. The lowest BCUT2D eigenvalue weighted by molar-refractivity contribution is -0.140. The quantitative estimate of drug-likeness (QED) is 0.714. The first-order valence-corrected chi connectivity index (χ1v) is 9.18. The fourth-order valence-electron chi connectivity index (χ4n) is 3.61. The van der Waals surface area contributed by atoms with E-state index in [1.807, 2.05) is 12.1 Å². The molecule has 2 saturated heterocycles. The van der Waals surface area contributed by atoms with Gasteiger partial charge in [-0.15, -0.1) is 37.2 Å². The number of nitrogens with one attached hydrogen (secondary N) is 2. The van der Waals surface area contributed by atoms with Crippen LogP contribution >= 0.6 is 37.2 Å². The van der Waals surface area contributed by atoms with Crippen LogP contribution in [0, 0.1) is 0 Å². The number of carbonyl (C=O) groups excluding carboxylic acids is 1. The number of nitrogens with zero attached hydrogens (tertiary/aromatic N) is 2. The predicted molar refractivity (Wildman–Crippen MR) is 121 cm³/mol. The summed E-state index contributed by atoms with van der Waals surface area (Å²) >= 11 is 0. The fraction of sp³-hybridized carbons (Fsp3) is 0.632. The van der Waals surface area contributed by atoms with Gasteiger partial charge < -0.3 is 20.3 Å². The van der Waals surface area contributed by atoms with Crippen LogP contribution in [0.25, 0.3) is 0 Å². The van der Waals surface area contributed by atoms with E-state index in [9.17, 15) is 4.79 Å². The van der Waals surface area contributed by atoms with Gasteiger partial charge in [-0.25, -0.2) is 0 Å². The van der Waals surface area contributed by atoms with Crippen molar-refractivity contribution in [2.24, 2.45) is 0 Å². The minimum absolute atomic E-state index is 0. The van der Waals surface area contributed by atoms with Gasteiger partial charge in [0.25, 0.3) is 5.91 Å². The van der Waals surface area contributed by atoms with Crippen LogP contribution in [0.5, 0.6) is 0 Å². The maximum Gasteiger partial charge on any atom is 0.256 e. The van der Waals surface area contributed by atoms with Gasteiger partial charge in [0.1, 0.15) is 5.60 Å². The van der Waals surface area contributed by atoms with Crippen LogP contribution in [-0.2, 0) is 16.1 Å². The van der Waals surface area contributed by atoms with E-state index in [0.717, 1.165) is 51.5 Å². The number of piperazine rings is 1. The number of carbonyl (C=O) groups is 1. The summed E-state index contributed by atoms with van der Waals surface area (Å²) in [5.74, 6) is -0.0340. The van der Waals surface area contributed by atoms with Crippen molar-refractivity contribution in [2.75, 3.05) is 58.7 Å². The van der Waals surface area contributed by atoms with Gasteiger partial charge in [-0.05, 0) is 50.7 Å². The van der Waals surface area contributed by atoms with E-state index >= 15 is 0 Å². The van der Waals surface area contributed by atoms with Crippen molar-refractivity contribution >= 4 is 48.8 Å². The van der Waals surface area contributed by atoms with Crippen LogP contribution in [0.15, 0.2) is 24.3 Å². The minimum Gasteiger partial charge on any atom is -0.368 e. The van der Waals surface area contributed by atoms with Gasteiger partial charge in [-0.1, -0.05) is 12.1 Å². The Kier molecular flexibility index (Phi) is 12.6. The molecule has 0 unspecified atom stereocenters. The lowest BCUT2D eigenvalue weighted by Crippen LogP contribution is -2.51. The van der Waals surface area contributed by atoms with E-state index in [2.05, 4.69) is 39.6 Å². The Morgan fingerprint density at radius 2 is 1.79 bits per heavy atom. The molecule has 0 saturated carbocycles. The van der Waals surface area contributed by atoms with Crippen LogP contribution in [0.1, 0.15) is 18.4 Å². The topological polar surface area (TPSA) is 56.8 Å². The van der Waals surface area contributed by atoms with Crippen LogP contribution in [0.2, 0.25) is 0 Å². The molecule has 1 aromatic carbocycles. The number of ether oxygens (including phenoxy) is 1. The average molecular weight is 456 g/mol. The Morgan fingerprint density at radius 3 is 2.39 bits per heavy atom. The van der Waals surface area contributed by atoms with Gasteiger partial charge in [-0.3, -0.25) is 9.69 Å². The van der Waals surface area contributed by atoms with Gasteiger partial charge in [-0.2, -0.15) is 0 Å². The van der Waals surface area contributed by atoms with Crippen molar-refractivity contribution < 1.29 is 9.53 Å². The second-order valence-electron chi connectivity index (χ2n) is 7.18. The first-order chi connectivity index (χ1) is 12.1. The SMILES string of the molecule is COC1(C(=O)Nc2cccc(CN3CCN(C)CC3)c2)CCNCC1.Cl.Cl.Cl. The Morgan fingerprint density at radius 1 is 1.14 bits per heavy atom. The standard InChI is InChI=1S/C19H30N4O2.3ClH/c1-22-10-12-23(13-11-22)15-16-4-3-5-17(14-16)21-18(24)19(25-2)6-8-20-9-7-19;;;/h3-5,14,20H,6-13,15H2,1-2H3,(H,21,24);3*1H. The molecule has 28 heavy (non-hydrogen) atoms. The first kappa shape index (κ1) is 27.4. The number of hydrogen-bond donors (Lipinski definition) is 2. The van der Waals surface area contributed by atoms with E-state index in [4.69, 9.17) is 4.74 Å². The summed E-state index contributed by atoms with van der Waals surface area (Å²) in [6.45, 7) is 6.95. The molecule has 0 spiro atoms. The van der Waals surface area contributed by atoms with Gasteiger partial charge in [0.2, 0.25) is 0 Å². The maximum absolute atomic E-state index is 12.8. The summed E-state index contributed by atoms with van der Waals surface area (Å²) < 4.78 is 5.61. The highest BCUT2D eigenvalue weighted by Gasteiger charge is 2.39. The number of piperidine rings is 1. The van der Waals surface area contributed by atoms with Crippen molar-refractivity contribution in [3.63, 3.8) is 0 Å². The fourth-order valence-corrected chi connectivity index (χ4v) is 3.61. The number of rotatable bonds is 5. The molecule has 0 atom stereocenters. The molecule has 1 amide bonds. The Hall–Kier alpha value is -0.600. The third kappa shape index (κ3) is 7.02. The summed E-state index contributed by atoms with van der Waals surface area (Å²) in [4.78, 5) is 17.6. The molecule has 0 radical (unpaired) electrons. The molecular formula is C19H33Cl3N4O2. The number of anilines is 1. The Balaban J connectivity index is 0.00000243. The lowest BCUT2D eigenvalue weighted by atomic mass is 9.91. The molecule has 6 nitrogen and oxygen atoms in total. The predicted octanol–water partition coefficient (Wildman–Crippen LogP) is 2.41. The van der Waals surface area contributed by atoms with E-state index in [1.165, 1.54) is 5.56 Å². The van der Waals surface area contributed by atoms with E-state index < -0.39 is 5.60 Å². The zero-order valence-electron chi connectivity index (χ0n) is 16.6. The van der Waals surface area contributed by atoms with Crippen LogP contribution in [0.4, 0.5) is 5.69 Å². The molecule has 2 aliphatic rings. The summed E-state index contributed by atoms with van der Waals surface area (Å²) in [5, 5.41) is 6.35. The summed E-state index contributed by atoms with van der Waals surface area (Å²) in [6.07, 6.45) is 1.41. The molecule has 0 aromatic heterocycles. The van der Waals surface area contributed by atoms with E-state index in [-0.39, 0.29) is 43.1 Å². The molecule has 3 rings (SSSR count). The number of amides is 1. The van der Waals surface area contributed by atoms with Gasteiger partial charge >= 0.3 is 0 Å². The first-order valence-electron chi connectivity index (χ1n) is 9.18. The van der Waals surface area contributed by atoms with Crippen molar-refractivity contribution in [2.45, 2.75) is 25.0 Å². The zero-order valence-corrected chi connectivity index (χ0v) is 19.1. The normalized spacial score (nSPS) is 19.5.